The van der Waals surface area contributed by atoms with E-state index in [0.29, 0.717) is 5.56 Å². The van der Waals surface area contributed by atoms with Gasteiger partial charge in [-0.3, -0.25) is 0 Å². The van der Waals surface area contributed by atoms with Gasteiger partial charge >= 0.3 is 10.4 Å². The Morgan fingerprint density at radius 2 is 1.19 bits per heavy atom. The molecule has 198 valence electrons. The van der Waals surface area contributed by atoms with E-state index in [9.17, 15) is 21.6 Å². The molecule has 0 saturated carbocycles. The fourth-order valence-corrected chi connectivity index (χ4v) is 7.98. The minimum atomic E-state index is -5.04. The summed E-state index contributed by atoms with van der Waals surface area (Å²) < 4.78 is 72.7. The van der Waals surface area contributed by atoms with Crippen molar-refractivity contribution in [3.8, 4) is 0 Å². The number of alkyl halides is 1. The average molecular weight is 548 g/mol. The SMILES string of the molecule is CC(C)(C)OC(=O)NC(CCC(F)(S(=O)(=O)c1ccccc1)S(=O)(=O)c1ccccc1)c1ccccc1. The monoisotopic (exact) mass is 547 g/mol. The minimum Gasteiger partial charge on any atom is -0.444 e. The Morgan fingerprint density at radius 3 is 1.59 bits per heavy atom. The van der Waals surface area contributed by atoms with E-state index in [1.54, 1.807) is 63.2 Å². The van der Waals surface area contributed by atoms with Crippen LogP contribution in [0.3, 0.4) is 0 Å². The summed E-state index contributed by atoms with van der Waals surface area (Å²) in [7, 11) is -10.1. The van der Waals surface area contributed by atoms with E-state index >= 15 is 4.39 Å². The van der Waals surface area contributed by atoms with Crippen LogP contribution >= 0.6 is 0 Å². The first kappa shape index (κ1) is 28.3. The number of alkyl carbamates (subject to hydrolysis) is 1. The summed E-state index contributed by atoms with van der Waals surface area (Å²) in [6, 6.07) is 20.8. The molecule has 1 unspecified atom stereocenters. The molecule has 7 nitrogen and oxygen atoms in total. The fourth-order valence-electron chi connectivity index (χ4n) is 3.74. The van der Waals surface area contributed by atoms with Gasteiger partial charge < -0.3 is 10.1 Å². The number of carbonyl (C=O) groups excluding carboxylic acids is 1. The number of hydrogen-bond donors (Lipinski definition) is 1. The molecule has 0 aromatic heterocycles. The van der Waals surface area contributed by atoms with Crippen LogP contribution in [0.2, 0.25) is 0 Å². The van der Waals surface area contributed by atoms with Gasteiger partial charge in [0.2, 0.25) is 19.7 Å². The van der Waals surface area contributed by atoms with E-state index in [2.05, 4.69) is 5.32 Å². The molecule has 3 aromatic carbocycles. The molecule has 0 bridgehead atoms. The van der Waals surface area contributed by atoms with E-state index in [0.717, 1.165) is 24.3 Å². The number of halogens is 1. The van der Waals surface area contributed by atoms with Gasteiger partial charge in [0.25, 0.3) is 0 Å². The third-order valence-electron chi connectivity index (χ3n) is 5.53. The van der Waals surface area contributed by atoms with Crippen molar-refractivity contribution in [1.82, 2.24) is 5.32 Å². The molecule has 0 aliphatic rings. The molecule has 0 saturated heterocycles. The average Bonchev–Trinajstić information content (AvgIpc) is 2.86. The van der Waals surface area contributed by atoms with Crippen LogP contribution in [0.15, 0.2) is 101 Å². The van der Waals surface area contributed by atoms with Crippen molar-refractivity contribution >= 4 is 25.8 Å². The lowest BCUT2D eigenvalue weighted by molar-refractivity contribution is 0.0499. The lowest BCUT2D eigenvalue weighted by atomic mass is 10.0. The molecule has 0 aliphatic heterocycles. The molecule has 10 heteroatoms. The highest BCUT2D eigenvalue weighted by molar-refractivity contribution is 8.10. The molecule has 1 amide bonds. The van der Waals surface area contributed by atoms with Crippen LogP contribution in [0.5, 0.6) is 0 Å². The molecule has 0 aliphatic carbocycles. The summed E-state index contributed by atoms with van der Waals surface area (Å²) in [5.74, 6) is 0. The minimum absolute atomic E-state index is 0.349. The zero-order chi connectivity index (χ0) is 27.3. The second-order valence-electron chi connectivity index (χ2n) is 9.44. The predicted molar refractivity (Wildman–Crippen MR) is 139 cm³/mol. The van der Waals surface area contributed by atoms with Gasteiger partial charge in [-0.05, 0) is 57.0 Å². The van der Waals surface area contributed by atoms with Crippen LogP contribution < -0.4 is 5.32 Å². The standard InChI is InChI=1S/C27H30FNO6S2/c1-26(2,3)35-25(30)29-24(21-13-7-4-8-14-21)19-20-27(28,36(31,32)22-15-9-5-10-16-22)37(33,34)23-17-11-6-12-18-23/h4-18,24H,19-20H2,1-3H3,(H,29,30). The zero-order valence-corrected chi connectivity index (χ0v) is 22.4. The van der Waals surface area contributed by atoms with Crippen molar-refractivity contribution in [3.05, 3.63) is 96.6 Å². The van der Waals surface area contributed by atoms with E-state index in [-0.39, 0.29) is 6.42 Å². The highest BCUT2D eigenvalue weighted by Crippen LogP contribution is 2.42. The summed E-state index contributed by atoms with van der Waals surface area (Å²) in [6.07, 6.45) is -2.10. The molecule has 3 aromatic rings. The van der Waals surface area contributed by atoms with Crippen molar-refractivity contribution in [2.75, 3.05) is 0 Å². The number of carbonyl (C=O) groups is 1. The lowest BCUT2D eigenvalue weighted by Crippen LogP contribution is -2.43. The van der Waals surface area contributed by atoms with Crippen molar-refractivity contribution in [1.29, 1.82) is 0 Å². The number of ether oxygens (including phenoxy) is 1. The first-order valence-electron chi connectivity index (χ1n) is 11.6. The number of sulfone groups is 2. The molecule has 0 heterocycles. The molecule has 1 N–H and O–H groups in total. The number of amides is 1. The van der Waals surface area contributed by atoms with Gasteiger partial charge in [-0.25, -0.2) is 26.0 Å². The van der Waals surface area contributed by atoms with Crippen LogP contribution in [0.1, 0.15) is 45.2 Å². The number of hydrogen-bond acceptors (Lipinski definition) is 6. The first-order valence-corrected chi connectivity index (χ1v) is 14.6. The summed E-state index contributed by atoms with van der Waals surface area (Å²) in [5.41, 5.74) is -0.285. The first-order chi connectivity index (χ1) is 17.3. The summed E-state index contributed by atoms with van der Waals surface area (Å²) in [5, 5.41) is 2.63. The quantitative estimate of drug-likeness (QED) is 0.374. The Hall–Kier alpha value is -3.24. The third-order valence-corrected chi connectivity index (χ3v) is 10.6. The lowest BCUT2D eigenvalue weighted by Gasteiger charge is -2.28. The Labute approximate surface area is 217 Å². The summed E-state index contributed by atoms with van der Waals surface area (Å²) in [6.45, 7) is 5.03. The van der Waals surface area contributed by atoms with Crippen LogP contribution in [0.25, 0.3) is 0 Å². The van der Waals surface area contributed by atoms with Crippen LogP contribution in [-0.4, -0.2) is 32.9 Å². The fraction of sp³-hybridized carbons (Fsp3) is 0.296. The maximum Gasteiger partial charge on any atom is 0.408 e. The molecule has 37 heavy (non-hydrogen) atoms. The largest absolute Gasteiger partial charge is 0.444 e. The van der Waals surface area contributed by atoms with E-state index in [1.807, 2.05) is 0 Å². The maximum atomic E-state index is 16.9. The van der Waals surface area contributed by atoms with Crippen LogP contribution in [-0.2, 0) is 24.4 Å². The Morgan fingerprint density at radius 1 is 0.784 bits per heavy atom. The third kappa shape index (κ3) is 6.37. The molecule has 1 atom stereocenters. The number of nitrogens with one attached hydrogen (secondary N) is 1. The molecular formula is C27H30FNO6S2. The molecular weight excluding hydrogens is 517 g/mol. The highest BCUT2D eigenvalue weighted by atomic mass is 32.3. The topological polar surface area (TPSA) is 107 Å². The van der Waals surface area contributed by atoms with Crippen molar-refractivity contribution in [2.24, 2.45) is 0 Å². The number of benzene rings is 3. The molecule has 0 radical (unpaired) electrons. The summed E-state index contributed by atoms with van der Waals surface area (Å²) in [4.78, 5) is 11.6. The van der Waals surface area contributed by atoms with Crippen LogP contribution in [0, 0.1) is 0 Å². The smallest absolute Gasteiger partial charge is 0.408 e. The number of rotatable bonds is 9. The zero-order valence-electron chi connectivity index (χ0n) is 20.8. The maximum absolute atomic E-state index is 16.9. The van der Waals surface area contributed by atoms with Crippen molar-refractivity contribution in [2.45, 2.75) is 59.4 Å². The van der Waals surface area contributed by atoms with E-state index in [1.165, 1.54) is 24.3 Å². The normalized spacial score (nSPS) is 13.5. The van der Waals surface area contributed by atoms with Crippen molar-refractivity contribution < 1.29 is 30.8 Å². The van der Waals surface area contributed by atoms with E-state index < -0.39 is 58.0 Å². The Kier molecular flexibility index (Phi) is 8.44. The molecule has 0 fully saturated rings. The summed E-state index contributed by atoms with van der Waals surface area (Å²) >= 11 is 0. The van der Waals surface area contributed by atoms with Gasteiger partial charge in [0.15, 0.2) is 0 Å². The molecule has 3 rings (SSSR count). The van der Waals surface area contributed by atoms with Gasteiger partial charge in [-0.15, -0.1) is 0 Å². The Bertz CT molecular complexity index is 1340. The van der Waals surface area contributed by atoms with Gasteiger partial charge in [-0.2, -0.15) is 0 Å². The molecule has 0 spiro atoms. The van der Waals surface area contributed by atoms with Gasteiger partial charge in [0.05, 0.1) is 15.8 Å². The second kappa shape index (κ2) is 11.0. The van der Waals surface area contributed by atoms with Crippen molar-refractivity contribution in [3.63, 3.8) is 0 Å². The van der Waals surface area contributed by atoms with E-state index in [4.69, 9.17) is 4.74 Å². The van der Waals surface area contributed by atoms with Gasteiger partial charge in [-0.1, -0.05) is 66.7 Å². The van der Waals surface area contributed by atoms with Gasteiger partial charge in [0, 0.05) is 6.42 Å². The van der Waals surface area contributed by atoms with Gasteiger partial charge in [0.1, 0.15) is 5.60 Å². The Balaban J connectivity index is 2.06. The second-order valence-corrected chi connectivity index (χ2v) is 14.0. The van der Waals surface area contributed by atoms with Crippen LogP contribution in [0.4, 0.5) is 9.18 Å². The predicted octanol–water partition coefficient (Wildman–Crippen LogP) is 5.60. The highest BCUT2D eigenvalue weighted by Gasteiger charge is 2.57.